The average molecular weight is 481 g/mol. The SMILES string of the molecule is CC(C)CCCC(C)C1CCC2C1CCC1C2CCC2CC(Oc3ccc(N)cc3N)CCC21C. The second-order valence-corrected chi connectivity index (χ2v) is 13.8. The fourth-order valence-corrected chi connectivity index (χ4v) is 9.65. The topological polar surface area (TPSA) is 61.3 Å². The lowest BCUT2D eigenvalue weighted by atomic mass is 9.46. The minimum absolute atomic E-state index is 0.300. The van der Waals surface area contributed by atoms with Gasteiger partial charge in [-0.2, -0.15) is 0 Å². The molecule has 0 aliphatic heterocycles. The van der Waals surface area contributed by atoms with E-state index in [1.54, 1.807) is 0 Å². The predicted octanol–water partition coefficient (Wildman–Crippen LogP) is 8.33. The summed E-state index contributed by atoms with van der Waals surface area (Å²) in [7, 11) is 0. The lowest BCUT2D eigenvalue weighted by Gasteiger charge is -2.59. The van der Waals surface area contributed by atoms with Crippen LogP contribution in [-0.2, 0) is 0 Å². The van der Waals surface area contributed by atoms with Crippen LogP contribution in [0.3, 0.4) is 0 Å². The Labute approximate surface area is 215 Å². The molecule has 0 bridgehead atoms. The van der Waals surface area contributed by atoms with Gasteiger partial charge in [0.2, 0.25) is 0 Å². The highest BCUT2D eigenvalue weighted by Crippen LogP contribution is 2.64. The summed E-state index contributed by atoms with van der Waals surface area (Å²) in [6.45, 7) is 10.0. The zero-order chi connectivity index (χ0) is 24.7. The standard InChI is InChI=1S/C32H52N2O/c1-20(2)6-5-7-21(3)25-11-12-27-26(25)13-14-29-28(27)10-8-22-18-24(16-17-32(22,29)4)35-31-15-9-23(33)19-30(31)34/h9,15,19-22,24-29H,5-8,10-14,16-18,33-34H2,1-4H3. The normalized spacial score (nSPS) is 39.5. The van der Waals surface area contributed by atoms with Gasteiger partial charge >= 0.3 is 0 Å². The van der Waals surface area contributed by atoms with Crippen molar-refractivity contribution in [2.45, 2.75) is 111 Å². The number of hydrogen-bond acceptors (Lipinski definition) is 3. The van der Waals surface area contributed by atoms with Gasteiger partial charge in [0.25, 0.3) is 0 Å². The van der Waals surface area contributed by atoms with Crippen molar-refractivity contribution in [2.75, 3.05) is 11.5 Å². The molecule has 0 saturated heterocycles. The third-order valence-electron chi connectivity index (χ3n) is 11.5. The fraction of sp³-hybridized carbons (Fsp3) is 0.812. The first-order valence-electron chi connectivity index (χ1n) is 15.1. The van der Waals surface area contributed by atoms with E-state index in [4.69, 9.17) is 16.2 Å². The molecular weight excluding hydrogens is 428 g/mol. The van der Waals surface area contributed by atoms with Crippen LogP contribution >= 0.6 is 0 Å². The molecule has 0 spiro atoms. The number of anilines is 2. The summed E-state index contributed by atoms with van der Waals surface area (Å²) < 4.78 is 6.45. The summed E-state index contributed by atoms with van der Waals surface area (Å²) >= 11 is 0. The van der Waals surface area contributed by atoms with Crippen molar-refractivity contribution in [3.8, 4) is 5.75 Å². The molecule has 4 fully saturated rings. The van der Waals surface area contributed by atoms with E-state index < -0.39 is 0 Å². The van der Waals surface area contributed by atoms with Gasteiger partial charge in [-0.05, 0) is 129 Å². The Bertz CT molecular complexity index is 867. The van der Waals surface area contributed by atoms with E-state index in [2.05, 4.69) is 27.7 Å². The van der Waals surface area contributed by atoms with Gasteiger partial charge in [0.1, 0.15) is 5.75 Å². The van der Waals surface area contributed by atoms with Crippen LogP contribution in [0.5, 0.6) is 5.75 Å². The van der Waals surface area contributed by atoms with Gasteiger partial charge < -0.3 is 16.2 Å². The van der Waals surface area contributed by atoms with Crippen molar-refractivity contribution in [3.63, 3.8) is 0 Å². The summed E-state index contributed by atoms with van der Waals surface area (Å²) in [5.41, 5.74) is 14.0. The lowest BCUT2D eigenvalue weighted by Crippen LogP contribution is -2.52. The van der Waals surface area contributed by atoms with E-state index in [9.17, 15) is 0 Å². The van der Waals surface area contributed by atoms with Crippen molar-refractivity contribution in [1.29, 1.82) is 0 Å². The second kappa shape index (κ2) is 10.2. The molecule has 196 valence electrons. The van der Waals surface area contributed by atoms with Crippen molar-refractivity contribution in [3.05, 3.63) is 18.2 Å². The zero-order valence-corrected chi connectivity index (χ0v) is 23.0. The molecule has 3 heteroatoms. The van der Waals surface area contributed by atoms with Crippen LogP contribution in [0, 0.1) is 52.8 Å². The Morgan fingerprint density at radius 1 is 0.914 bits per heavy atom. The number of fused-ring (bicyclic) bond motifs is 5. The van der Waals surface area contributed by atoms with Crippen molar-refractivity contribution in [2.24, 2.45) is 52.8 Å². The molecule has 35 heavy (non-hydrogen) atoms. The van der Waals surface area contributed by atoms with Crippen molar-refractivity contribution >= 4 is 11.4 Å². The highest BCUT2D eigenvalue weighted by molar-refractivity contribution is 5.60. The van der Waals surface area contributed by atoms with Crippen LogP contribution in [0.1, 0.15) is 105 Å². The maximum atomic E-state index is 6.45. The number of benzene rings is 1. The quantitative estimate of drug-likeness (QED) is 0.386. The van der Waals surface area contributed by atoms with E-state index in [-0.39, 0.29) is 0 Å². The highest BCUT2D eigenvalue weighted by atomic mass is 16.5. The van der Waals surface area contributed by atoms with Crippen LogP contribution < -0.4 is 16.2 Å². The molecule has 5 rings (SSSR count). The maximum Gasteiger partial charge on any atom is 0.142 e. The van der Waals surface area contributed by atoms with Crippen LogP contribution in [-0.4, -0.2) is 6.10 Å². The Balaban J connectivity index is 1.21. The molecule has 4 saturated carbocycles. The second-order valence-electron chi connectivity index (χ2n) is 13.8. The number of nitrogen functional groups attached to an aromatic ring is 2. The van der Waals surface area contributed by atoms with Gasteiger partial charge in [0, 0.05) is 5.69 Å². The third kappa shape index (κ3) is 4.95. The molecule has 0 radical (unpaired) electrons. The molecule has 0 amide bonds. The lowest BCUT2D eigenvalue weighted by molar-refractivity contribution is -0.106. The molecule has 0 heterocycles. The minimum atomic E-state index is 0.300. The van der Waals surface area contributed by atoms with Crippen LogP contribution in [0.25, 0.3) is 0 Å². The van der Waals surface area contributed by atoms with Crippen LogP contribution in [0.4, 0.5) is 11.4 Å². The molecule has 9 unspecified atom stereocenters. The molecule has 9 atom stereocenters. The smallest absolute Gasteiger partial charge is 0.142 e. The summed E-state index contributed by atoms with van der Waals surface area (Å²) in [6, 6.07) is 5.69. The molecule has 3 nitrogen and oxygen atoms in total. The zero-order valence-electron chi connectivity index (χ0n) is 23.0. The van der Waals surface area contributed by atoms with E-state index in [1.165, 1.54) is 77.0 Å². The molecule has 4 N–H and O–H groups in total. The molecule has 0 aromatic heterocycles. The minimum Gasteiger partial charge on any atom is -0.488 e. The molecular formula is C32H52N2O. The largest absolute Gasteiger partial charge is 0.488 e. The van der Waals surface area contributed by atoms with Gasteiger partial charge in [0.15, 0.2) is 0 Å². The van der Waals surface area contributed by atoms with E-state index in [0.717, 1.165) is 53.1 Å². The number of rotatable bonds is 7. The molecule has 4 aliphatic carbocycles. The van der Waals surface area contributed by atoms with Gasteiger partial charge in [-0.1, -0.05) is 47.0 Å². The van der Waals surface area contributed by atoms with Gasteiger partial charge in [-0.15, -0.1) is 0 Å². The monoisotopic (exact) mass is 480 g/mol. The Kier molecular flexibility index (Phi) is 7.35. The molecule has 1 aromatic rings. The maximum absolute atomic E-state index is 6.45. The molecule has 4 aliphatic rings. The Morgan fingerprint density at radius 2 is 1.69 bits per heavy atom. The Morgan fingerprint density at radius 3 is 2.46 bits per heavy atom. The summed E-state index contributed by atoms with van der Waals surface area (Å²) in [6.07, 6.45) is 17.2. The fourth-order valence-electron chi connectivity index (χ4n) is 9.65. The number of nitrogens with two attached hydrogens (primary N) is 2. The van der Waals surface area contributed by atoms with Crippen LogP contribution in [0.15, 0.2) is 18.2 Å². The van der Waals surface area contributed by atoms with E-state index >= 15 is 0 Å². The average Bonchev–Trinajstić information content (AvgIpc) is 3.25. The van der Waals surface area contributed by atoms with E-state index in [1.807, 2.05) is 18.2 Å². The predicted molar refractivity (Wildman–Crippen MR) is 148 cm³/mol. The van der Waals surface area contributed by atoms with E-state index in [0.29, 0.717) is 22.9 Å². The van der Waals surface area contributed by atoms with Gasteiger partial charge in [0.05, 0.1) is 11.8 Å². The summed E-state index contributed by atoms with van der Waals surface area (Å²) in [5.74, 6) is 8.41. The third-order valence-corrected chi connectivity index (χ3v) is 11.5. The highest BCUT2D eigenvalue weighted by Gasteiger charge is 2.57. The number of ether oxygens (including phenoxy) is 1. The van der Waals surface area contributed by atoms with Gasteiger partial charge in [-0.3, -0.25) is 0 Å². The first-order chi connectivity index (χ1) is 16.8. The number of hydrogen-bond donors (Lipinski definition) is 2. The molecule has 1 aromatic carbocycles. The first kappa shape index (κ1) is 25.3. The van der Waals surface area contributed by atoms with Crippen molar-refractivity contribution < 1.29 is 4.74 Å². The van der Waals surface area contributed by atoms with Crippen LogP contribution in [0.2, 0.25) is 0 Å². The summed E-state index contributed by atoms with van der Waals surface area (Å²) in [5, 5.41) is 0. The Hall–Kier alpha value is -1.38. The van der Waals surface area contributed by atoms with Crippen molar-refractivity contribution in [1.82, 2.24) is 0 Å². The summed E-state index contributed by atoms with van der Waals surface area (Å²) in [4.78, 5) is 0. The first-order valence-corrected chi connectivity index (χ1v) is 15.1. The van der Waals surface area contributed by atoms with Gasteiger partial charge in [-0.25, -0.2) is 0 Å².